The van der Waals surface area contributed by atoms with E-state index in [1.54, 1.807) is 0 Å². The largest absolute Gasteiger partial charge is 0.456 e. The molecule has 1 aromatic carbocycles. The summed E-state index contributed by atoms with van der Waals surface area (Å²) in [5, 5.41) is 0. The van der Waals surface area contributed by atoms with Gasteiger partial charge in [-0.3, -0.25) is 19.3 Å². The van der Waals surface area contributed by atoms with Gasteiger partial charge in [0.2, 0.25) is 11.8 Å². The number of carbonyl (C=O) groups excluding carboxylic acids is 4. The molecule has 28 heavy (non-hydrogen) atoms. The van der Waals surface area contributed by atoms with E-state index < -0.39 is 42.1 Å². The number of carbonyl (C=O) groups is 4. The number of likely N-dealkylation sites (tertiary alicyclic amines) is 1. The summed E-state index contributed by atoms with van der Waals surface area (Å²) in [6.07, 6.45) is 1.01. The van der Waals surface area contributed by atoms with Crippen molar-refractivity contribution in [3.63, 3.8) is 0 Å². The fourth-order valence-electron chi connectivity index (χ4n) is 3.58. The van der Waals surface area contributed by atoms with Crippen molar-refractivity contribution in [2.45, 2.75) is 35.5 Å². The molecule has 0 N–H and O–H groups in total. The smallest absolute Gasteiger partial charge is 0.329 e. The summed E-state index contributed by atoms with van der Waals surface area (Å²) < 4.78 is 17.9. The first-order valence-corrected chi connectivity index (χ1v) is 10.6. The van der Waals surface area contributed by atoms with Crippen molar-refractivity contribution in [3.8, 4) is 0 Å². The first kappa shape index (κ1) is 21.1. The molecule has 0 bridgehead atoms. The van der Waals surface area contributed by atoms with Gasteiger partial charge < -0.3 is 4.74 Å². The molecule has 9 heteroatoms. The molecule has 1 saturated carbocycles. The Morgan fingerprint density at radius 1 is 1.11 bits per heavy atom. The molecule has 2 amide bonds. The Kier molecular flexibility index (Phi) is 6.34. The molecule has 1 aliphatic heterocycles. The molecular formula is C19H18Br2FNO5. The number of rotatable bonds is 5. The fraction of sp³-hybridized carbons (Fsp3) is 0.474. The van der Waals surface area contributed by atoms with Gasteiger partial charge in [-0.25, -0.2) is 9.18 Å². The molecule has 3 rings (SSSR count). The summed E-state index contributed by atoms with van der Waals surface area (Å²) in [6, 6.07) is 3.74. The number of Topliss-reactive ketones (excluding diaryl/α,β-unsaturated/α-hetero) is 1. The predicted octanol–water partition coefficient (Wildman–Crippen LogP) is 2.86. The number of ether oxygens (including phenoxy) is 1. The number of benzene rings is 1. The zero-order chi connectivity index (χ0) is 20.6. The predicted molar refractivity (Wildman–Crippen MR) is 105 cm³/mol. The van der Waals surface area contributed by atoms with Crippen LogP contribution in [0.25, 0.3) is 0 Å². The van der Waals surface area contributed by atoms with E-state index in [0.29, 0.717) is 12.8 Å². The Morgan fingerprint density at radius 2 is 1.61 bits per heavy atom. The van der Waals surface area contributed by atoms with Gasteiger partial charge in [0, 0.05) is 15.2 Å². The average Bonchev–Trinajstić information content (AvgIpc) is 2.90. The van der Waals surface area contributed by atoms with E-state index in [9.17, 15) is 23.6 Å². The van der Waals surface area contributed by atoms with E-state index >= 15 is 0 Å². The third-order valence-corrected chi connectivity index (χ3v) is 7.92. The van der Waals surface area contributed by atoms with Crippen LogP contribution in [0.3, 0.4) is 0 Å². The van der Waals surface area contributed by atoms with Gasteiger partial charge in [-0.05, 0) is 44.0 Å². The van der Waals surface area contributed by atoms with E-state index in [2.05, 4.69) is 31.9 Å². The normalized spacial score (nSPS) is 28.1. The van der Waals surface area contributed by atoms with Crippen LogP contribution in [-0.2, 0) is 19.1 Å². The van der Waals surface area contributed by atoms with Gasteiger partial charge in [0.15, 0.2) is 12.4 Å². The van der Waals surface area contributed by atoms with Gasteiger partial charge in [-0.15, -0.1) is 0 Å². The highest BCUT2D eigenvalue weighted by Crippen LogP contribution is 2.43. The van der Waals surface area contributed by atoms with Gasteiger partial charge in [0.05, 0.1) is 11.8 Å². The SMILES string of the molecule is C[C@H](C(=O)OCC(=O)c1ccc(F)cc1)N1C(=O)[C@@H]2C[C@H](Br)[C@@H](Br)C[C@H]2C1=O. The van der Waals surface area contributed by atoms with Crippen LogP contribution in [0.5, 0.6) is 0 Å². The quantitative estimate of drug-likeness (QED) is 0.259. The van der Waals surface area contributed by atoms with Crippen molar-refractivity contribution in [1.82, 2.24) is 4.90 Å². The minimum atomic E-state index is -1.12. The first-order chi connectivity index (χ1) is 13.2. The number of esters is 1. The number of halogens is 3. The summed E-state index contributed by atoms with van der Waals surface area (Å²) in [5.41, 5.74) is 0.202. The molecule has 6 nitrogen and oxygen atoms in total. The Bertz CT molecular complexity index is 787. The first-order valence-electron chi connectivity index (χ1n) is 8.81. The van der Waals surface area contributed by atoms with Crippen LogP contribution in [0.2, 0.25) is 0 Å². The summed E-state index contributed by atoms with van der Waals surface area (Å²) in [7, 11) is 0. The monoisotopic (exact) mass is 517 g/mol. The third kappa shape index (κ3) is 4.05. The highest BCUT2D eigenvalue weighted by Gasteiger charge is 2.54. The number of nitrogens with zero attached hydrogens (tertiary/aromatic N) is 1. The minimum absolute atomic E-state index is 0.0704. The number of hydrogen-bond acceptors (Lipinski definition) is 5. The van der Waals surface area contributed by atoms with Crippen molar-refractivity contribution < 1.29 is 28.3 Å². The number of fused-ring (bicyclic) bond motifs is 1. The maximum Gasteiger partial charge on any atom is 0.329 e. The summed E-state index contributed by atoms with van der Waals surface area (Å²) in [6.45, 7) is 0.861. The summed E-state index contributed by atoms with van der Waals surface area (Å²) in [4.78, 5) is 50.9. The topological polar surface area (TPSA) is 80.8 Å². The molecule has 1 saturated heterocycles. The van der Waals surface area contributed by atoms with Gasteiger partial charge >= 0.3 is 5.97 Å². The lowest BCUT2D eigenvalue weighted by Crippen LogP contribution is -2.44. The molecule has 0 radical (unpaired) electrons. The van der Waals surface area contributed by atoms with Crippen molar-refractivity contribution in [2.75, 3.05) is 6.61 Å². The molecule has 0 unspecified atom stereocenters. The van der Waals surface area contributed by atoms with Crippen LogP contribution < -0.4 is 0 Å². The van der Waals surface area contributed by atoms with Crippen LogP contribution in [-0.4, -0.2) is 50.8 Å². The minimum Gasteiger partial charge on any atom is -0.456 e. The number of hydrogen-bond donors (Lipinski definition) is 0. The van der Waals surface area contributed by atoms with Crippen molar-refractivity contribution >= 4 is 55.4 Å². The molecule has 150 valence electrons. The van der Waals surface area contributed by atoms with Gasteiger partial charge in [0.1, 0.15) is 11.9 Å². The molecule has 1 aromatic rings. The van der Waals surface area contributed by atoms with Crippen molar-refractivity contribution in [2.24, 2.45) is 11.8 Å². The maximum atomic E-state index is 12.9. The lowest BCUT2D eigenvalue weighted by Gasteiger charge is -2.29. The summed E-state index contributed by atoms with van der Waals surface area (Å²) in [5.74, 6) is -3.49. The van der Waals surface area contributed by atoms with Crippen LogP contribution in [0, 0.1) is 17.7 Å². The standard InChI is InChI=1S/C19H18Br2FNO5/c1-9(19(27)28-8-16(24)10-2-4-11(22)5-3-10)23-17(25)12-6-14(20)15(21)7-13(12)18(23)26/h2-5,9,12-15H,6-8H2,1H3/t9-,12-,13-,14+,15+/m1/s1. The number of alkyl halides is 2. The van der Waals surface area contributed by atoms with E-state index in [1.165, 1.54) is 19.1 Å². The number of amides is 2. The van der Waals surface area contributed by atoms with Gasteiger partial charge in [-0.2, -0.15) is 0 Å². The van der Waals surface area contributed by atoms with E-state index in [1.807, 2.05) is 0 Å². The molecule has 5 atom stereocenters. The number of ketones is 1. The third-order valence-electron chi connectivity index (χ3n) is 5.19. The average molecular weight is 519 g/mol. The zero-order valence-electron chi connectivity index (χ0n) is 14.9. The lowest BCUT2D eigenvalue weighted by molar-refractivity contribution is -0.157. The second-order valence-corrected chi connectivity index (χ2v) is 9.33. The van der Waals surface area contributed by atoms with E-state index in [4.69, 9.17) is 4.74 Å². The van der Waals surface area contributed by atoms with E-state index in [-0.39, 0.29) is 27.0 Å². The van der Waals surface area contributed by atoms with Crippen LogP contribution in [0.1, 0.15) is 30.1 Å². The molecule has 2 fully saturated rings. The molecule has 1 aliphatic carbocycles. The van der Waals surface area contributed by atoms with Gasteiger partial charge in [-0.1, -0.05) is 31.9 Å². The van der Waals surface area contributed by atoms with Crippen LogP contribution in [0.15, 0.2) is 24.3 Å². The Hall–Kier alpha value is -1.61. The molecule has 1 heterocycles. The van der Waals surface area contributed by atoms with Crippen molar-refractivity contribution in [1.29, 1.82) is 0 Å². The second-order valence-electron chi connectivity index (χ2n) is 6.98. The zero-order valence-corrected chi connectivity index (χ0v) is 18.1. The van der Waals surface area contributed by atoms with Crippen LogP contribution >= 0.6 is 31.9 Å². The highest BCUT2D eigenvalue weighted by molar-refractivity contribution is 9.12. The maximum absolute atomic E-state index is 12.9. The van der Waals surface area contributed by atoms with E-state index in [0.717, 1.165) is 17.0 Å². The Morgan fingerprint density at radius 3 is 2.11 bits per heavy atom. The molecule has 2 aliphatic rings. The highest BCUT2D eigenvalue weighted by atomic mass is 79.9. The lowest BCUT2D eigenvalue weighted by atomic mass is 9.81. The second kappa shape index (κ2) is 8.41. The van der Waals surface area contributed by atoms with Crippen LogP contribution in [0.4, 0.5) is 4.39 Å². The Balaban J connectivity index is 1.63. The molecular weight excluding hydrogens is 501 g/mol. The molecule has 0 aromatic heterocycles. The summed E-state index contributed by atoms with van der Waals surface area (Å²) >= 11 is 7.02. The number of imide groups is 1. The van der Waals surface area contributed by atoms with Gasteiger partial charge in [0.25, 0.3) is 0 Å². The van der Waals surface area contributed by atoms with Crippen molar-refractivity contribution in [3.05, 3.63) is 35.6 Å². The fourth-order valence-corrected chi connectivity index (χ4v) is 4.82. The molecule has 0 spiro atoms. The Labute approximate surface area is 178 Å².